The Morgan fingerprint density at radius 3 is 2.50 bits per heavy atom. The van der Waals surface area contributed by atoms with E-state index in [4.69, 9.17) is 5.53 Å². The van der Waals surface area contributed by atoms with Crippen LogP contribution in [0, 0.1) is 0 Å². The molecule has 0 N–H and O–H groups in total. The summed E-state index contributed by atoms with van der Waals surface area (Å²) in [6, 6.07) is 7.14. The molecule has 1 rings (SSSR count). The number of rotatable bonds is 4. The highest BCUT2D eigenvalue weighted by atomic mass is 16.5. The molecule has 0 amide bonds. The molecule has 0 saturated carbocycles. The van der Waals surface area contributed by atoms with E-state index in [2.05, 4.69) is 14.8 Å². The Hall–Kier alpha value is -2.33. The molecule has 0 aromatic heterocycles. The zero-order valence-electron chi connectivity index (χ0n) is 8.53. The maximum Gasteiger partial charge on any atom is 0.375 e. The van der Waals surface area contributed by atoms with Crippen molar-refractivity contribution in [1.29, 1.82) is 0 Å². The molecule has 0 aliphatic heterocycles. The van der Waals surface area contributed by atoms with Gasteiger partial charge in [-0.05, 0) is 11.1 Å². The lowest BCUT2D eigenvalue weighted by molar-refractivity contribution is -0.152. The average Bonchev–Trinajstić information content (AvgIpc) is 2.35. The van der Waals surface area contributed by atoms with Gasteiger partial charge in [0.1, 0.15) is 6.04 Å². The van der Waals surface area contributed by atoms with Gasteiger partial charge in [0, 0.05) is 4.91 Å². The topological polar surface area (TPSA) is 92.1 Å². The predicted octanol–water partition coefficient (Wildman–Crippen LogP) is 1.78. The third-order valence-corrected chi connectivity index (χ3v) is 1.92. The first-order valence-electron chi connectivity index (χ1n) is 4.42. The maximum atomic E-state index is 11.5. The molecule has 0 radical (unpaired) electrons. The summed E-state index contributed by atoms with van der Waals surface area (Å²) in [5, 5.41) is 3.29. The zero-order chi connectivity index (χ0) is 12.0. The molecule has 0 bridgehead atoms. The Morgan fingerprint density at radius 1 is 1.38 bits per heavy atom. The molecule has 1 atom stereocenters. The van der Waals surface area contributed by atoms with E-state index in [1.165, 1.54) is 0 Å². The van der Waals surface area contributed by atoms with E-state index in [0.717, 1.165) is 7.11 Å². The lowest BCUT2D eigenvalue weighted by Crippen LogP contribution is -2.22. The van der Waals surface area contributed by atoms with Crippen LogP contribution in [0.5, 0.6) is 0 Å². The van der Waals surface area contributed by atoms with Crippen molar-refractivity contribution in [3.63, 3.8) is 0 Å². The van der Waals surface area contributed by atoms with Gasteiger partial charge in [0.25, 0.3) is 5.78 Å². The molecule has 16 heavy (non-hydrogen) atoms. The number of nitrogens with zero attached hydrogens (tertiary/aromatic N) is 3. The molecule has 0 heterocycles. The molecule has 0 aliphatic carbocycles. The number of ether oxygens (including phenoxy) is 1. The normalized spacial score (nSPS) is 11.1. The fraction of sp³-hybridized carbons (Fsp3) is 0.200. The van der Waals surface area contributed by atoms with Crippen LogP contribution in [-0.2, 0) is 14.3 Å². The quantitative estimate of drug-likeness (QED) is 0.254. The van der Waals surface area contributed by atoms with Crippen LogP contribution in [0.1, 0.15) is 11.6 Å². The highest BCUT2D eigenvalue weighted by molar-refractivity contribution is 6.35. The minimum absolute atomic E-state index is 0.454. The minimum Gasteiger partial charge on any atom is -0.463 e. The predicted molar refractivity (Wildman–Crippen MR) is 55.4 cm³/mol. The molecule has 1 aromatic rings. The SMILES string of the molecule is COC(=O)C(=O)C(N=[N+]=[N-])c1ccccc1. The highest BCUT2D eigenvalue weighted by Crippen LogP contribution is 2.18. The Morgan fingerprint density at radius 2 is 2.00 bits per heavy atom. The number of hydrogen-bond donors (Lipinski definition) is 0. The first-order valence-corrected chi connectivity index (χ1v) is 4.42. The second kappa shape index (κ2) is 5.53. The van der Waals surface area contributed by atoms with E-state index >= 15 is 0 Å². The summed E-state index contributed by atoms with van der Waals surface area (Å²) in [6.45, 7) is 0. The third-order valence-electron chi connectivity index (χ3n) is 1.92. The Balaban J connectivity index is 3.06. The van der Waals surface area contributed by atoms with Crippen LogP contribution >= 0.6 is 0 Å². The summed E-state index contributed by atoms with van der Waals surface area (Å²) in [6.07, 6.45) is 0. The van der Waals surface area contributed by atoms with Gasteiger partial charge in [0.05, 0.1) is 7.11 Å². The van der Waals surface area contributed by atoms with Gasteiger partial charge in [-0.3, -0.25) is 4.79 Å². The molecule has 82 valence electrons. The Bertz CT molecular complexity index is 438. The van der Waals surface area contributed by atoms with Crippen LogP contribution in [0.4, 0.5) is 0 Å². The molecule has 6 nitrogen and oxygen atoms in total. The summed E-state index contributed by atoms with van der Waals surface area (Å²) in [5.41, 5.74) is 8.81. The first-order chi connectivity index (χ1) is 7.70. The molecular formula is C10H9N3O3. The second-order valence-electron chi connectivity index (χ2n) is 2.87. The van der Waals surface area contributed by atoms with Crippen molar-refractivity contribution in [2.24, 2.45) is 5.11 Å². The zero-order valence-corrected chi connectivity index (χ0v) is 8.53. The summed E-state index contributed by atoms with van der Waals surface area (Å²) >= 11 is 0. The van der Waals surface area contributed by atoms with Crippen molar-refractivity contribution >= 4 is 11.8 Å². The molecule has 1 unspecified atom stereocenters. The van der Waals surface area contributed by atoms with Gasteiger partial charge in [-0.25, -0.2) is 4.79 Å². The van der Waals surface area contributed by atoms with Gasteiger partial charge in [-0.1, -0.05) is 35.4 Å². The largest absolute Gasteiger partial charge is 0.463 e. The fourth-order valence-corrected chi connectivity index (χ4v) is 1.17. The summed E-state index contributed by atoms with van der Waals surface area (Å²) < 4.78 is 4.29. The van der Waals surface area contributed by atoms with E-state index < -0.39 is 17.8 Å². The average molecular weight is 219 g/mol. The number of esters is 1. The van der Waals surface area contributed by atoms with E-state index in [0.29, 0.717) is 5.56 Å². The van der Waals surface area contributed by atoms with E-state index in [-0.39, 0.29) is 0 Å². The van der Waals surface area contributed by atoms with E-state index in [1.807, 2.05) is 0 Å². The van der Waals surface area contributed by atoms with Gasteiger partial charge in [0.2, 0.25) is 0 Å². The minimum atomic E-state index is -1.17. The molecule has 0 fully saturated rings. The highest BCUT2D eigenvalue weighted by Gasteiger charge is 2.26. The number of carbonyl (C=O) groups is 2. The monoisotopic (exact) mass is 219 g/mol. The molecule has 6 heteroatoms. The van der Waals surface area contributed by atoms with Crippen molar-refractivity contribution in [3.05, 3.63) is 46.3 Å². The van der Waals surface area contributed by atoms with Crippen molar-refractivity contribution in [3.8, 4) is 0 Å². The number of benzene rings is 1. The third kappa shape index (κ3) is 2.59. The van der Waals surface area contributed by atoms with Crippen LogP contribution in [0.3, 0.4) is 0 Å². The molecule has 0 aliphatic rings. The second-order valence-corrected chi connectivity index (χ2v) is 2.87. The number of ketones is 1. The van der Waals surface area contributed by atoms with E-state index in [1.54, 1.807) is 30.3 Å². The number of azide groups is 1. The van der Waals surface area contributed by atoms with Crippen LogP contribution in [0.15, 0.2) is 35.4 Å². The van der Waals surface area contributed by atoms with Crippen molar-refractivity contribution in [2.45, 2.75) is 6.04 Å². The molecule has 0 saturated heterocycles. The van der Waals surface area contributed by atoms with Crippen LogP contribution in [0.25, 0.3) is 10.4 Å². The fourth-order valence-electron chi connectivity index (χ4n) is 1.17. The number of hydrogen-bond acceptors (Lipinski definition) is 4. The standard InChI is InChI=1S/C10H9N3O3/c1-16-10(15)9(14)8(12-13-11)7-5-3-2-4-6-7/h2-6,8H,1H3. The van der Waals surface area contributed by atoms with Crippen LogP contribution < -0.4 is 0 Å². The number of carbonyl (C=O) groups excluding carboxylic acids is 2. The molecule has 1 aromatic carbocycles. The van der Waals surface area contributed by atoms with E-state index in [9.17, 15) is 9.59 Å². The first kappa shape index (κ1) is 11.7. The van der Waals surface area contributed by atoms with Gasteiger partial charge in [0.15, 0.2) is 0 Å². The lowest BCUT2D eigenvalue weighted by atomic mass is 10.0. The van der Waals surface area contributed by atoms with Crippen molar-refractivity contribution in [2.75, 3.05) is 7.11 Å². The Kier molecular flexibility index (Phi) is 4.06. The number of methoxy groups -OCH3 is 1. The van der Waals surface area contributed by atoms with Crippen LogP contribution in [-0.4, -0.2) is 18.9 Å². The lowest BCUT2D eigenvalue weighted by Gasteiger charge is -2.08. The van der Waals surface area contributed by atoms with Gasteiger partial charge in [-0.15, -0.1) is 0 Å². The maximum absolute atomic E-state index is 11.5. The van der Waals surface area contributed by atoms with Gasteiger partial charge < -0.3 is 4.74 Å². The smallest absolute Gasteiger partial charge is 0.375 e. The number of Topliss-reactive ketones (excluding diaryl/α,β-unsaturated/α-hetero) is 1. The summed E-state index contributed by atoms with van der Waals surface area (Å²) in [4.78, 5) is 25.1. The van der Waals surface area contributed by atoms with Gasteiger partial charge in [-0.2, -0.15) is 0 Å². The van der Waals surface area contributed by atoms with Crippen molar-refractivity contribution in [1.82, 2.24) is 0 Å². The molecular weight excluding hydrogens is 210 g/mol. The summed E-state index contributed by atoms with van der Waals surface area (Å²) in [5.74, 6) is -1.91. The molecule has 0 spiro atoms. The Labute approximate surface area is 91.5 Å². The van der Waals surface area contributed by atoms with Gasteiger partial charge >= 0.3 is 5.97 Å². The van der Waals surface area contributed by atoms with Crippen LogP contribution in [0.2, 0.25) is 0 Å². The summed E-state index contributed by atoms with van der Waals surface area (Å²) in [7, 11) is 1.10. The van der Waals surface area contributed by atoms with Crippen molar-refractivity contribution < 1.29 is 14.3 Å².